The van der Waals surface area contributed by atoms with Gasteiger partial charge in [-0.15, -0.1) is 0 Å². The molecule has 0 saturated carbocycles. The summed E-state index contributed by atoms with van der Waals surface area (Å²) in [4.78, 5) is 25.0. The van der Waals surface area contributed by atoms with Crippen molar-refractivity contribution in [3.05, 3.63) is 87.7 Å². The van der Waals surface area contributed by atoms with Gasteiger partial charge in [-0.25, -0.2) is 14.8 Å². The van der Waals surface area contributed by atoms with Crippen molar-refractivity contribution in [3.63, 3.8) is 0 Å². The molecule has 1 aromatic heterocycles. The standard InChI is InChI=1S/C32H35BrF6N4O2/c1-30(2,3)45-29(44)43-12-10-22(16-27(43)15-21-7-5-4-6-8-21)9-11-42(28-40-18-26(33)19-41-28)20-23-13-24(31(34,35)36)17-25(14-23)32(37,38)39/h4-8,13-14,17-19,22,27H,9-12,15-16,20H2,1-3H3. The van der Waals surface area contributed by atoms with Crippen LogP contribution in [0.2, 0.25) is 0 Å². The first kappa shape index (κ1) is 34.5. The minimum Gasteiger partial charge on any atom is -0.444 e. The topological polar surface area (TPSA) is 58.6 Å². The van der Waals surface area contributed by atoms with Crippen LogP contribution in [0, 0.1) is 5.92 Å². The number of anilines is 1. The first-order chi connectivity index (χ1) is 21.0. The Morgan fingerprint density at radius 3 is 2.11 bits per heavy atom. The lowest BCUT2D eigenvalue weighted by molar-refractivity contribution is -0.143. The number of aromatic nitrogens is 2. The summed E-state index contributed by atoms with van der Waals surface area (Å²) in [6.45, 7) is 5.89. The number of amides is 1. The molecular formula is C32H35BrF6N4O2. The van der Waals surface area contributed by atoms with Crippen molar-refractivity contribution >= 4 is 28.0 Å². The Balaban J connectivity index is 1.56. The third-order valence-electron chi connectivity index (χ3n) is 7.48. The summed E-state index contributed by atoms with van der Waals surface area (Å²) in [6, 6.07) is 11.2. The van der Waals surface area contributed by atoms with Crippen LogP contribution in [-0.4, -0.2) is 45.7 Å². The van der Waals surface area contributed by atoms with E-state index in [4.69, 9.17) is 4.74 Å². The van der Waals surface area contributed by atoms with E-state index in [1.807, 2.05) is 51.1 Å². The molecule has 1 amide bonds. The second kappa shape index (κ2) is 14.0. The fraction of sp³-hybridized carbons (Fsp3) is 0.469. The predicted octanol–water partition coefficient (Wildman–Crippen LogP) is 8.93. The molecule has 3 aromatic rings. The Morgan fingerprint density at radius 1 is 0.956 bits per heavy atom. The molecule has 6 nitrogen and oxygen atoms in total. The first-order valence-electron chi connectivity index (χ1n) is 14.5. The maximum atomic E-state index is 13.6. The maximum absolute atomic E-state index is 13.6. The molecular weight excluding hydrogens is 666 g/mol. The second-order valence-electron chi connectivity index (χ2n) is 12.2. The highest BCUT2D eigenvalue weighted by Gasteiger charge is 2.38. The number of hydrogen-bond acceptors (Lipinski definition) is 5. The Morgan fingerprint density at radius 2 is 1.56 bits per heavy atom. The van der Waals surface area contributed by atoms with Crippen LogP contribution in [0.25, 0.3) is 0 Å². The average molecular weight is 702 g/mol. The van der Waals surface area contributed by atoms with Crippen LogP contribution in [0.4, 0.5) is 37.1 Å². The van der Waals surface area contributed by atoms with Gasteiger partial charge in [-0.2, -0.15) is 26.3 Å². The average Bonchev–Trinajstić information content (AvgIpc) is 2.94. The van der Waals surface area contributed by atoms with Crippen molar-refractivity contribution in [1.82, 2.24) is 14.9 Å². The van der Waals surface area contributed by atoms with E-state index in [0.717, 1.165) is 17.7 Å². The third kappa shape index (κ3) is 10.1. The number of piperidine rings is 1. The molecule has 2 unspecified atom stereocenters. The van der Waals surface area contributed by atoms with Crippen molar-refractivity contribution in [2.24, 2.45) is 5.92 Å². The quantitative estimate of drug-likeness (QED) is 0.220. The van der Waals surface area contributed by atoms with Crippen molar-refractivity contribution in [2.45, 2.75) is 77.0 Å². The molecule has 1 aliphatic rings. The van der Waals surface area contributed by atoms with Gasteiger partial charge in [-0.1, -0.05) is 30.3 Å². The summed E-state index contributed by atoms with van der Waals surface area (Å²) < 4.78 is 87.6. The zero-order valence-electron chi connectivity index (χ0n) is 25.1. The van der Waals surface area contributed by atoms with E-state index < -0.39 is 35.2 Å². The summed E-state index contributed by atoms with van der Waals surface area (Å²) in [7, 11) is 0. The van der Waals surface area contributed by atoms with E-state index >= 15 is 0 Å². The number of nitrogens with zero attached hydrogens (tertiary/aromatic N) is 4. The molecule has 0 N–H and O–H groups in total. The van der Waals surface area contributed by atoms with Gasteiger partial charge in [0.2, 0.25) is 5.95 Å². The summed E-state index contributed by atoms with van der Waals surface area (Å²) >= 11 is 3.26. The number of benzene rings is 2. The zero-order valence-corrected chi connectivity index (χ0v) is 26.7. The molecule has 1 aliphatic heterocycles. The number of ether oxygens (including phenoxy) is 1. The molecule has 4 rings (SSSR count). The minimum absolute atomic E-state index is 0.114. The number of carbonyl (C=O) groups is 1. The Hall–Kier alpha value is -3.35. The highest BCUT2D eigenvalue weighted by molar-refractivity contribution is 9.10. The van der Waals surface area contributed by atoms with Crippen molar-refractivity contribution in [3.8, 4) is 0 Å². The molecule has 1 saturated heterocycles. The zero-order chi connectivity index (χ0) is 33.0. The fourth-order valence-corrected chi connectivity index (χ4v) is 5.63. The molecule has 0 spiro atoms. The van der Waals surface area contributed by atoms with Crippen LogP contribution in [0.5, 0.6) is 0 Å². The normalized spacial score (nSPS) is 17.7. The van der Waals surface area contributed by atoms with Crippen molar-refractivity contribution < 1.29 is 35.9 Å². The molecule has 0 aliphatic carbocycles. The smallest absolute Gasteiger partial charge is 0.416 e. The summed E-state index contributed by atoms with van der Waals surface area (Å²) in [5, 5.41) is 0. The molecule has 45 heavy (non-hydrogen) atoms. The van der Waals surface area contributed by atoms with E-state index in [2.05, 4.69) is 25.9 Å². The van der Waals surface area contributed by atoms with Gasteiger partial charge < -0.3 is 14.5 Å². The fourth-order valence-electron chi connectivity index (χ4n) is 5.42. The molecule has 244 valence electrons. The summed E-state index contributed by atoms with van der Waals surface area (Å²) in [6.07, 6.45) is -4.90. The molecule has 2 atom stereocenters. The van der Waals surface area contributed by atoms with Crippen LogP contribution in [-0.2, 0) is 30.1 Å². The second-order valence-corrected chi connectivity index (χ2v) is 13.1. The van der Waals surface area contributed by atoms with E-state index in [0.29, 0.717) is 36.7 Å². The largest absolute Gasteiger partial charge is 0.444 e. The lowest BCUT2D eigenvalue weighted by Gasteiger charge is -2.40. The Bertz CT molecular complexity index is 1400. The number of likely N-dealkylation sites (tertiary alicyclic amines) is 1. The molecule has 2 aromatic carbocycles. The minimum atomic E-state index is -4.95. The Labute approximate surface area is 266 Å². The first-order valence-corrected chi connectivity index (χ1v) is 15.3. The number of alkyl halides is 6. The van der Waals surface area contributed by atoms with Crippen LogP contribution in [0.1, 0.15) is 62.3 Å². The van der Waals surface area contributed by atoms with Crippen LogP contribution in [0.3, 0.4) is 0 Å². The molecule has 13 heteroatoms. The van der Waals surface area contributed by atoms with Crippen LogP contribution >= 0.6 is 15.9 Å². The van der Waals surface area contributed by atoms with Gasteiger partial charge in [0.05, 0.1) is 15.6 Å². The third-order valence-corrected chi connectivity index (χ3v) is 7.89. The van der Waals surface area contributed by atoms with Gasteiger partial charge in [0.25, 0.3) is 0 Å². The van der Waals surface area contributed by atoms with E-state index in [9.17, 15) is 31.1 Å². The highest BCUT2D eigenvalue weighted by Crippen LogP contribution is 2.37. The number of carbonyl (C=O) groups excluding carboxylic acids is 1. The number of rotatable bonds is 8. The van der Waals surface area contributed by atoms with Gasteiger partial charge in [0, 0.05) is 38.1 Å². The molecule has 1 fully saturated rings. The van der Waals surface area contributed by atoms with Crippen LogP contribution < -0.4 is 4.90 Å². The number of halogens is 7. The monoisotopic (exact) mass is 700 g/mol. The van der Waals surface area contributed by atoms with Gasteiger partial charge >= 0.3 is 18.4 Å². The molecule has 0 bridgehead atoms. The van der Waals surface area contributed by atoms with E-state index in [1.165, 1.54) is 12.4 Å². The lowest BCUT2D eigenvalue weighted by atomic mass is 9.85. The van der Waals surface area contributed by atoms with Gasteiger partial charge in [-0.3, -0.25) is 0 Å². The molecule has 0 radical (unpaired) electrons. The lowest BCUT2D eigenvalue weighted by Crippen LogP contribution is -2.49. The SMILES string of the molecule is CC(C)(C)OC(=O)N1CCC(CCN(Cc2cc(C(F)(F)F)cc(C(F)(F)F)c2)c2ncc(Br)cn2)CC1Cc1ccccc1. The van der Waals surface area contributed by atoms with E-state index in [1.54, 1.807) is 9.80 Å². The van der Waals surface area contributed by atoms with Crippen molar-refractivity contribution in [1.29, 1.82) is 0 Å². The highest BCUT2D eigenvalue weighted by atomic mass is 79.9. The summed E-state index contributed by atoms with van der Waals surface area (Å²) in [5.41, 5.74) is -2.51. The Kier molecular flexibility index (Phi) is 10.7. The molecule has 2 heterocycles. The maximum Gasteiger partial charge on any atom is 0.416 e. The predicted molar refractivity (Wildman–Crippen MR) is 161 cm³/mol. The van der Waals surface area contributed by atoms with Gasteiger partial charge in [0.15, 0.2) is 0 Å². The van der Waals surface area contributed by atoms with E-state index in [-0.39, 0.29) is 42.6 Å². The van der Waals surface area contributed by atoms with Gasteiger partial charge in [-0.05, 0) is 97.6 Å². The van der Waals surface area contributed by atoms with Crippen molar-refractivity contribution in [2.75, 3.05) is 18.0 Å². The summed E-state index contributed by atoms with van der Waals surface area (Å²) in [5.74, 6) is 0.291. The van der Waals surface area contributed by atoms with Gasteiger partial charge in [0.1, 0.15) is 5.60 Å². The number of hydrogen-bond donors (Lipinski definition) is 0. The van der Waals surface area contributed by atoms with Crippen LogP contribution in [0.15, 0.2) is 65.4 Å².